The Kier molecular flexibility index (Phi) is 11.0. The largest absolute Gasteiger partial charge is 0.466 e. The van der Waals surface area contributed by atoms with Gasteiger partial charge in [-0.3, -0.25) is 9.59 Å². The molecule has 0 saturated carbocycles. The summed E-state index contributed by atoms with van der Waals surface area (Å²) in [7, 11) is 0. The molecule has 0 heterocycles. The second-order valence-corrected chi connectivity index (χ2v) is 3.95. The Morgan fingerprint density at radius 1 is 0.778 bits per heavy atom. The highest BCUT2D eigenvalue weighted by Gasteiger charge is 1.92. The predicted octanol–water partition coefficient (Wildman–Crippen LogP) is 2.46. The van der Waals surface area contributed by atoms with Crippen LogP contribution in [0.15, 0.2) is 0 Å². The van der Waals surface area contributed by atoms with Gasteiger partial charge in [0.25, 0.3) is 0 Å². The van der Waals surface area contributed by atoms with Gasteiger partial charge in [0.15, 0.2) is 0 Å². The summed E-state index contributed by atoms with van der Waals surface area (Å²) in [4.78, 5) is 20.9. The molecule has 0 aliphatic rings. The molecule has 0 fully saturated rings. The van der Waals surface area contributed by atoms with Crippen molar-refractivity contribution in [3.63, 3.8) is 0 Å². The zero-order valence-corrected chi connectivity index (χ0v) is 11.3. The van der Waals surface area contributed by atoms with Crippen molar-refractivity contribution < 1.29 is 19.1 Å². The lowest BCUT2D eigenvalue weighted by Gasteiger charge is -1.99. The average molecular weight is 254 g/mol. The van der Waals surface area contributed by atoms with E-state index in [1.807, 2.05) is 0 Å². The third kappa shape index (κ3) is 14.5. The second kappa shape index (κ2) is 12.0. The molecule has 18 heavy (non-hydrogen) atoms. The lowest BCUT2D eigenvalue weighted by molar-refractivity contribution is -0.142. The number of ether oxygens (including phenoxy) is 2. The van der Waals surface area contributed by atoms with Crippen LogP contribution in [0.2, 0.25) is 0 Å². The first-order valence-corrected chi connectivity index (χ1v) is 6.35. The van der Waals surface area contributed by atoms with Crippen molar-refractivity contribution in [1.82, 2.24) is 0 Å². The quantitative estimate of drug-likeness (QED) is 0.379. The van der Waals surface area contributed by atoms with Crippen molar-refractivity contribution in [2.24, 2.45) is 0 Å². The van der Waals surface area contributed by atoms with E-state index in [0.29, 0.717) is 13.2 Å². The SMILES string of the molecule is CC(=O)OCCCCC#CCCCCOC(C)=O. The molecule has 0 saturated heterocycles. The smallest absolute Gasteiger partial charge is 0.302 e. The number of rotatable bonds is 8. The van der Waals surface area contributed by atoms with Crippen molar-refractivity contribution in [3.8, 4) is 11.8 Å². The first kappa shape index (κ1) is 16.5. The minimum Gasteiger partial charge on any atom is -0.466 e. The molecule has 0 atom stereocenters. The van der Waals surface area contributed by atoms with Crippen molar-refractivity contribution >= 4 is 11.9 Å². The fourth-order valence-electron chi connectivity index (χ4n) is 1.24. The predicted molar refractivity (Wildman–Crippen MR) is 68.7 cm³/mol. The van der Waals surface area contributed by atoms with Gasteiger partial charge in [0.05, 0.1) is 13.2 Å². The van der Waals surface area contributed by atoms with Crippen LogP contribution in [0.25, 0.3) is 0 Å². The van der Waals surface area contributed by atoms with Gasteiger partial charge in [0, 0.05) is 26.7 Å². The Morgan fingerprint density at radius 3 is 1.50 bits per heavy atom. The maximum absolute atomic E-state index is 10.5. The lowest BCUT2D eigenvalue weighted by Crippen LogP contribution is -2.00. The summed E-state index contributed by atoms with van der Waals surface area (Å²) in [5.74, 6) is 5.69. The maximum Gasteiger partial charge on any atom is 0.302 e. The molecule has 0 amide bonds. The molecule has 102 valence electrons. The molecule has 0 aromatic carbocycles. The maximum atomic E-state index is 10.5. The first-order valence-electron chi connectivity index (χ1n) is 6.35. The Labute approximate surface area is 109 Å². The van der Waals surface area contributed by atoms with E-state index < -0.39 is 0 Å². The number of hydrogen-bond acceptors (Lipinski definition) is 4. The van der Waals surface area contributed by atoms with Crippen LogP contribution in [0.3, 0.4) is 0 Å². The van der Waals surface area contributed by atoms with Gasteiger partial charge in [-0.2, -0.15) is 0 Å². The zero-order valence-electron chi connectivity index (χ0n) is 11.3. The van der Waals surface area contributed by atoms with E-state index in [1.165, 1.54) is 13.8 Å². The van der Waals surface area contributed by atoms with Crippen LogP contribution < -0.4 is 0 Å². The van der Waals surface area contributed by atoms with E-state index in [9.17, 15) is 9.59 Å². The first-order chi connectivity index (χ1) is 8.63. The van der Waals surface area contributed by atoms with Crippen molar-refractivity contribution in [2.45, 2.75) is 52.4 Å². The number of unbranched alkanes of at least 4 members (excludes halogenated alkanes) is 4. The molecular formula is C14H22O4. The molecule has 0 rings (SSSR count). The van der Waals surface area contributed by atoms with Gasteiger partial charge in [-0.1, -0.05) is 0 Å². The van der Waals surface area contributed by atoms with E-state index in [0.717, 1.165) is 38.5 Å². The summed E-state index contributed by atoms with van der Waals surface area (Å²) >= 11 is 0. The van der Waals surface area contributed by atoms with Crippen LogP contribution >= 0.6 is 0 Å². The molecule has 0 unspecified atom stereocenters. The van der Waals surface area contributed by atoms with Crippen LogP contribution in [0.5, 0.6) is 0 Å². The summed E-state index contributed by atoms with van der Waals surface area (Å²) in [5, 5.41) is 0. The number of carbonyl (C=O) groups excluding carboxylic acids is 2. The summed E-state index contributed by atoms with van der Waals surface area (Å²) in [6.07, 6.45) is 5.30. The van der Waals surface area contributed by atoms with Gasteiger partial charge in [-0.25, -0.2) is 0 Å². The van der Waals surface area contributed by atoms with E-state index >= 15 is 0 Å². The Hall–Kier alpha value is -1.50. The normalized spacial score (nSPS) is 9.22. The topological polar surface area (TPSA) is 52.6 Å². The Bertz CT molecular complexity index is 271. The van der Waals surface area contributed by atoms with Gasteiger partial charge in [-0.15, -0.1) is 11.8 Å². The molecule has 0 aliphatic carbocycles. The van der Waals surface area contributed by atoms with Crippen molar-refractivity contribution in [3.05, 3.63) is 0 Å². The summed E-state index contributed by atoms with van der Waals surface area (Å²) in [6.45, 7) is 3.80. The van der Waals surface area contributed by atoms with E-state index in [4.69, 9.17) is 9.47 Å². The number of hydrogen-bond donors (Lipinski definition) is 0. The molecule has 0 radical (unpaired) electrons. The number of carbonyl (C=O) groups is 2. The Morgan fingerprint density at radius 2 is 1.17 bits per heavy atom. The van der Waals surface area contributed by atoms with Gasteiger partial charge < -0.3 is 9.47 Å². The standard InChI is InChI=1S/C14H22O4/c1-13(15)17-11-9-7-5-3-4-6-8-10-12-18-14(2)16/h5-12H2,1-2H3. The van der Waals surface area contributed by atoms with E-state index in [2.05, 4.69) is 11.8 Å². The average Bonchev–Trinajstić information content (AvgIpc) is 2.29. The summed E-state index contributed by atoms with van der Waals surface area (Å²) in [6, 6.07) is 0. The summed E-state index contributed by atoms with van der Waals surface area (Å²) < 4.78 is 9.61. The fourth-order valence-corrected chi connectivity index (χ4v) is 1.24. The minimum absolute atomic E-state index is 0.228. The molecule has 0 N–H and O–H groups in total. The zero-order chi connectivity index (χ0) is 13.6. The molecular weight excluding hydrogens is 232 g/mol. The highest BCUT2D eigenvalue weighted by Crippen LogP contribution is 1.97. The highest BCUT2D eigenvalue weighted by atomic mass is 16.5. The lowest BCUT2D eigenvalue weighted by atomic mass is 10.2. The highest BCUT2D eigenvalue weighted by molar-refractivity contribution is 5.66. The van der Waals surface area contributed by atoms with Crippen LogP contribution in [-0.2, 0) is 19.1 Å². The van der Waals surface area contributed by atoms with Gasteiger partial charge in [-0.05, 0) is 25.7 Å². The Balaban J connectivity index is 3.19. The third-order valence-electron chi connectivity index (χ3n) is 2.13. The monoisotopic (exact) mass is 254 g/mol. The van der Waals surface area contributed by atoms with Crippen LogP contribution in [0, 0.1) is 11.8 Å². The van der Waals surface area contributed by atoms with Gasteiger partial charge >= 0.3 is 11.9 Å². The van der Waals surface area contributed by atoms with Crippen LogP contribution in [0.4, 0.5) is 0 Å². The third-order valence-corrected chi connectivity index (χ3v) is 2.13. The van der Waals surface area contributed by atoms with Crippen LogP contribution in [-0.4, -0.2) is 25.2 Å². The molecule has 0 aliphatic heterocycles. The minimum atomic E-state index is -0.228. The van der Waals surface area contributed by atoms with Gasteiger partial charge in [0.1, 0.15) is 0 Å². The molecule has 4 nitrogen and oxygen atoms in total. The summed E-state index contributed by atoms with van der Waals surface area (Å²) in [5.41, 5.74) is 0. The number of esters is 2. The van der Waals surface area contributed by atoms with Gasteiger partial charge in [0.2, 0.25) is 0 Å². The van der Waals surface area contributed by atoms with Crippen molar-refractivity contribution in [1.29, 1.82) is 0 Å². The van der Waals surface area contributed by atoms with Crippen LogP contribution in [0.1, 0.15) is 52.4 Å². The molecule has 0 aromatic rings. The second-order valence-electron chi connectivity index (χ2n) is 3.95. The molecule has 0 bridgehead atoms. The molecule has 0 spiro atoms. The fraction of sp³-hybridized carbons (Fsp3) is 0.714. The van der Waals surface area contributed by atoms with E-state index in [1.54, 1.807) is 0 Å². The van der Waals surface area contributed by atoms with E-state index in [-0.39, 0.29) is 11.9 Å². The van der Waals surface area contributed by atoms with Crippen molar-refractivity contribution in [2.75, 3.05) is 13.2 Å². The molecule has 4 heteroatoms. The molecule has 0 aromatic heterocycles.